The van der Waals surface area contributed by atoms with Crippen LogP contribution in [0.2, 0.25) is 0 Å². The van der Waals surface area contributed by atoms with Gasteiger partial charge in [0.2, 0.25) is 15.9 Å². The number of carbonyl (C=O) groups is 2. The van der Waals surface area contributed by atoms with E-state index in [9.17, 15) is 18.0 Å². The first-order chi connectivity index (χ1) is 14.3. The first kappa shape index (κ1) is 22.0. The van der Waals surface area contributed by atoms with Gasteiger partial charge in [-0.1, -0.05) is 24.1 Å². The molecule has 1 aliphatic heterocycles. The summed E-state index contributed by atoms with van der Waals surface area (Å²) in [6, 6.07) is 12.7. The summed E-state index contributed by atoms with van der Waals surface area (Å²) in [5.41, 5.74) is 1.91. The topological polar surface area (TPSA) is 92.8 Å². The molecule has 1 heterocycles. The summed E-state index contributed by atoms with van der Waals surface area (Å²) >= 11 is 0. The molecule has 1 atom stereocenters. The average Bonchev–Trinajstić information content (AvgIpc) is 2.74. The molecule has 0 saturated carbocycles. The molecule has 0 aliphatic carbocycles. The van der Waals surface area contributed by atoms with Crippen molar-refractivity contribution < 1.29 is 22.7 Å². The lowest BCUT2D eigenvalue weighted by Gasteiger charge is -2.34. The number of nitrogens with one attached hydrogen (secondary N) is 1. The summed E-state index contributed by atoms with van der Waals surface area (Å²) in [6.07, 6.45) is 2.37. The van der Waals surface area contributed by atoms with Crippen molar-refractivity contribution in [1.82, 2.24) is 4.31 Å². The van der Waals surface area contributed by atoms with Gasteiger partial charge >= 0.3 is 5.97 Å². The fourth-order valence-electron chi connectivity index (χ4n) is 3.57. The van der Waals surface area contributed by atoms with Gasteiger partial charge in [0.05, 0.1) is 17.6 Å². The molecular formula is C22H26N2O5S. The Balaban J connectivity index is 1.70. The molecule has 8 heteroatoms. The van der Waals surface area contributed by atoms with Crippen molar-refractivity contribution in [1.29, 1.82) is 0 Å². The molecule has 1 N–H and O–H groups in total. The van der Waals surface area contributed by atoms with Gasteiger partial charge in [-0.05, 0) is 56.2 Å². The highest BCUT2D eigenvalue weighted by atomic mass is 32.2. The Hall–Kier alpha value is -2.71. The van der Waals surface area contributed by atoms with E-state index in [1.807, 2.05) is 6.92 Å². The molecule has 1 aliphatic rings. The Bertz CT molecular complexity index is 1000. The van der Waals surface area contributed by atoms with Crippen molar-refractivity contribution in [2.75, 3.05) is 19.0 Å². The van der Waals surface area contributed by atoms with E-state index in [0.717, 1.165) is 18.4 Å². The number of aryl methyl sites for hydroxylation is 1. The first-order valence-corrected chi connectivity index (χ1v) is 11.3. The zero-order chi connectivity index (χ0) is 21.7. The predicted molar refractivity (Wildman–Crippen MR) is 114 cm³/mol. The minimum atomic E-state index is -3.66. The summed E-state index contributed by atoms with van der Waals surface area (Å²) in [5, 5.41) is 2.78. The van der Waals surface area contributed by atoms with Crippen LogP contribution in [0.4, 0.5) is 5.69 Å². The van der Waals surface area contributed by atoms with Crippen molar-refractivity contribution >= 4 is 27.6 Å². The van der Waals surface area contributed by atoms with Gasteiger partial charge in [0, 0.05) is 24.7 Å². The van der Waals surface area contributed by atoms with E-state index in [1.54, 1.807) is 48.5 Å². The van der Waals surface area contributed by atoms with Crippen LogP contribution in [-0.2, 0) is 19.6 Å². The van der Waals surface area contributed by atoms with E-state index >= 15 is 0 Å². The number of hydrogen-bond acceptors (Lipinski definition) is 5. The molecule has 2 aromatic rings. The Kier molecular flexibility index (Phi) is 6.89. The second-order valence-electron chi connectivity index (χ2n) is 7.40. The lowest BCUT2D eigenvalue weighted by Crippen LogP contribution is -2.45. The van der Waals surface area contributed by atoms with Crippen LogP contribution in [-0.4, -0.2) is 44.3 Å². The summed E-state index contributed by atoms with van der Waals surface area (Å²) < 4.78 is 32.4. The molecule has 2 aromatic carbocycles. The first-order valence-electron chi connectivity index (χ1n) is 9.88. The number of piperidine rings is 1. The van der Waals surface area contributed by atoms with Gasteiger partial charge < -0.3 is 10.1 Å². The Morgan fingerprint density at radius 1 is 1.07 bits per heavy atom. The van der Waals surface area contributed by atoms with E-state index in [0.29, 0.717) is 24.2 Å². The van der Waals surface area contributed by atoms with Gasteiger partial charge in [0.25, 0.3) is 0 Å². The smallest absolute Gasteiger partial charge is 0.337 e. The number of ether oxygens (including phenoxy) is 1. The molecule has 1 fully saturated rings. The minimum Gasteiger partial charge on any atom is -0.465 e. The zero-order valence-corrected chi connectivity index (χ0v) is 17.9. The molecule has 0 aromatic heterocycles. The maximum absolute atomic E-state index is 13.1. The monoisotopic (exact) mass is 430 g/mol. The number of hydrogen-bond donors (Lipinski definition) is 1. The SMILES string of the molecule is COC(=O)c1ccc(NC(=O)C[C@@H]2CCCCN2S(=O)(=O)c2ccc(C)cc2)cc1. The molecule has 0 radical (unpaired) electrons. The largest absolute Gasteiger partial charge is 0.465 e. The van der Waals surface area contributed by atoms with Crippen LogP contribution in [0.25, 0.3) is 0 Å². The van der Waals surface area contributed by atoms with E-state index in [4.69, 9.17) is 0 Å². The molecule has 0 bridgehead atoms. The number of amides is 1. The van der Waals surface area contributed by atoms with Gasteiger partial charge in [0.1, 0.15) is 0 Å². The summed E-state index contributed by atoms with van der Waals surface area (Å²) in [5.74, 6) is -0.719. The fraction of sp³-hybridized carbons (Fsp3) is 0.364. The summed E-state index contributed by atoms with van der Waals surface area (Å²) in [7, 11) is -2.36. The number of sulfonamides is 1. The lowest BCUT2D eigenvalue weighted by atomic mass is 10.0. The Morgan fingerprint density at radius 3 is 2.37 bits per heavy atom. The van der Waals surface area contributed by atoms with E-state index < -0.39 is 16.0 Å². The molecule has 1 amide bonds. The van der Waals surface area contributed by atoms with Gasteiger partial charge in [0.15, 0.2) is 0 Å². The lowest BCUT2D eigenvalue weighted by molar-refractivity contribution is -0.117. The molecule has 3 rings (SSSR count). The van der Waals surface area contributed by atoms with Crippen molar-refractivity contribution in [2.45, 2.75) is 43.5 Å². The van der Waals surface area contributed by atoms with Crippen LogP contribution in [0.15, 0.2) is 53.4 Å². The van der Waals surface area contributed by atoms with Crippen LogP contribution in [0, 0.1) is 6.92 Å². The number of anilines is 1. The van der Waals surface area contributed by atoms with Crippen molar-refractivity contribution in [3.05, 3.63) is 59.7 Å². The second kappa shape index (κ2) is 9.40. The Labute approximate surface area is 177 Å². The number of esters is 1. The minimum absolute atomic E-state index is 0.0733. The highest BCUT2D eigenvalue weighted by Gasteiger charge is 2.34. The Morgan fingerprint density at radius 2 is 1.73 bits per heavy atom. The number of carbonyl (C=O) groups excluding carboxylic acids is 2. The molecule has 1 saturated heterocycles. The maximum atomic E-state index is 13.1. The predicted octanol–water partition coefficient (Wildman–Crippen LogP) is 3.35. The van der Waals surface area contributed by atoms with E-state index in [2.05, 4.69) is 10.1 Å². The van der Waals surface area contributed by atoms with Gasteiger partial charge in [-0.15, -0.1) is 0 Å². The number of nitrogens with zero attached hydrogens (tertiary/aromatic N) is 1. The second-order valence-corrected chi connectivity index (χ2v) is 9.29. The third-order valence-electron chi connectivity index (χ3n) is 5.21. The van der Waals surface area contributed by atoms with Gasteiger partial charge in [-0.3, -0.25) is 4.79 Å². The summed E-state index contributed by atoms with van der Waals surface area (Å²) in [6.45, 7) is 2.31. The fourth-order valence-corrected chi connectivity index (χ4v) is 5.27. The number of methoxy groups -OCH3 is 1. The van der Waals surface area contributed by atoms with Crippen LogP contribution < -0.4 is 5.32 Å². The highest BCUT2D eigenvalue weighted by Crippen LogP contribution is 2.27. The zero-order valence-electron chi connectivity index (χ0n) is 17.1. The highest BCUT2D eigenvalue weighted by molar-refractivity contribution is 7.89. The van der Waals surface area contributed by atoms with Gasteiger partial charge in [-0.2, -0.15) is 4.31 Å². The molecule has 0 spiro atoms. The van der Waals surface area contributed by atoms with Crippen molar-refractivity contribution in [2.24, 2.45) is 0 Å². The standard InChI is InChI=1S/C22H26N2O5S/c1-16-6-12-20(13-7-16)30(27,28)24-14-4-3-5-19(24)15-21(25)23-18-10-8-17(9-11-18)22(26)29-2/h6-13,19H,3-5,14-15H2,1-2H3,(H,23,25)/t19-/m0/s1. The van der Waals surface area contributed by atoms with Crippen molar-refractivity contribution in [3.8, 4) is 0 Å². The number of rotatable bonds is 6. The van der Waals surface area contributed by atoms with Crippen LogP contribution in [0.1, 0.15) is 41.6 Å². The summed E-state index contributed by atoms with van der Waals surface area (Å²) in [4.78, 5) is 24.3. The maximum Gasteiger partial charge on any atom is 0.337 e. The van der Waals surface area contributed by atoms with E-state index in [-0.39, 0.29) is 23.3 Å². The average molecular weight is 431 g/mol. The van der Waals surface area contributed by atoms with Crippen molar-refractivity contribution in [3.63, 3.8) is 0 Å². The molecule has 30 heavy (non-hydrogen) atoms. The molecule has 160 valence electrons. The normalized spacial score (nSPS) is 17.3. The van der Waals surface area contributed by atoms with E-state index in [1.165, 1.54) is 11.4 Å². The van der Waals surface area contributed by atoms with Crippen LogP contribution >= 0.6 is 0 Å². The number of benzene rings is 2. The van der Waals surface area contributed by atoms with Crippen LogP contribution in [0.5, 0.6) is 0 Å². The quantitative estimate of drug-likeness (QED) is 0.710. The molecular weight excluding hydrogens is 404 g/mol. The third-order valence-corrected chi connectivity index (χ3v) is 7.18. The molecule has 7 nitrogen and oxygen atoms in total. The van der Waals surface area contributed by atoms with Crippen LogP contribution in [0.3, 0.4) is 0 Å². The molecule has 0 unspecified atom stereocenters. The van der Waals surface area contributed by atoms with Gasteiger partial charge in [-0.25, -0.2) is 13.2 Å². The third kappa shape index (κ3) is 5.06.